The molecular formula is C20H28F3N3O4. The van der Waals surface area contributed by atoms with Crippen LogP contribution < -0.4 is 10.2 Å². The van der Waals surface area contributed by atoms with E-state index in [1.165, 1.54) is 13.2 Å². The number of hydrogen-bond acceptors (Lipinski definition) is 5. The lowest BCUT2D eigenvalue weighted by atomic mass is 10.1. The molecule has 0 spiro atoms. The molecule has 7 nitrogen and oxygen atoms in total. The van der Waals surface area contributed by atoms with Gasteiger partial charge in [-0.3, -0.25) is 4.79 Å². The summed E-state index contributed by atoms with van der Waals surface area (Å²) >= 11 is 0. The second-order valence-electron chi connectivity index (χ2n) is 8.01. The molecule has 1 aromatic carbocycles. The number of alkyl carbamates (subject to hydrolysis) is 1. The molecule has 1 atom stereocenters. The predicted octanol–water partition coefficient (Wildman–Crippen LogP) is 2.89. The van der Waals surface area contributed by atoms with Crippen LogP contribution >= 0.6 is 0 Å². The van der Waals surface area contributed by atoms with Crippen molar-refractivity contribution in [3.05, 3.63) is 29.8 Å². The Hall–Kier alpha value is -2.49. The molecule has 1 saturated heterocycles. The lowest BCUT2D eigenvalue weighted by molar-refractivity contribution is -0.137. The molecule has 2 amide bonds. The minimum atomic E-state index is -4.41. The molecule has 1 aliphatic heterocycles. The number of ether oxygens (including phenoxy) is 2. The van der Waals surface area contributed by atoms with E-state index >= 15 is 0 Å². The van der Waals surface area contributed by atoms with Gasteiger partial charge in [0, 0.05) is 39.0 Å². The first-order chi connectivity index (χ1) is 13.9. The van der Waals surface area contributed by atoms with Crippen LogP contribution in [0.2, 0.25) is 0 Å². The molecule has 168 valence electrons. The van der Waals surface area contributed by atoms with Crippen molar-refractivity contribution >= 4 is 17.7 Å². The quantitative estimate of drug-likeness (QED) is 0.776. The Kier molecular flexibility index (Phi) is 7.57. The Labute approximate surface area is 174 Å². The summed E-state index contributed by atoms with van der Waals surface area (Å²) in [6, 6.07) is 4.21. The predicted molar refractivity (Wildman–Crippen MR) is 105 cm³/mol. The number of halogens is 3. The molecular weight excluding hydrogens is 403 g/mol. The van der Waals surface area contributed by atoms with E-state index in [1.807, 2.05) is 0 Å². The van der Waals surface area contributed by atoms with Crippen molar-refractivity contribution in [3.8, 4) is 0 Å². The van der Waals surface area contributed by atoms with Gasteiger partial charge in [0.15, 0.2) is 0 Å². The summed E-state index contributed by atoms with van der Waals surface area (Å²) in [5, 5.41) is 2.52. The van der Waals surface area contributed by atoms with Crippen molar-refractivity contribution in [3.63, 3.8) is 0 Å². The fraction of sp³-hybridized carbons (Fsp3) is 0.600. The number of nitrogens with zero attached hydrogens (tertiary/aromatic N) is 2. The lowest BCUT2D eigenvalue weighted by Crippen LogP contribution is -2.56. The molecule has 1 aliphatic rings. The van der Waals surface area contributed by atoms with Crippen LogP contribution in [0.4, 0.5) is 23.7 Å². The maximum atomic E-state index is 12.9. The SMILES string of the molecule is COCC(NC(=O)OC(C)(C)C)C(=O)N1CCN(c2cccc(C(F)(F)F)c2)CC1. The van der Waals surface area contributed by atoms with Crippen LogP contribution in [0.25, 0.3) is 0 Å². The molecule has 1 unspecified atom stereocenters. The fourth-order valence-corrected chi connectivity index (χ4v) is 3.08. The van der Waals surface area contributed by atoms with Gasteiger partial charge in [0.2, 0.25) is 5.91 Å². The van der Waals surface area contributed by atoms with Crippen LogP contribution in [0.3, 0.4) is 0 Å². The molecule has 30 heavy (non-hydrogen) atoms. The number of alkyl halides is 3. The Morgan fingerprint density at radius 2 is 1.77 bits per heavy atom. The average Bonchev–Trinajstić information content (AvgIpc) is 2.65. The van der Waals surface area contributed by atoms with Crippen molar-refractivity contribution in [2.45, 2.75) is 38.6 Å². The molecule has 0 saturated carbocycles. The molecule has 1 aromatic rings. The topological polar surface area (TPSA) is 71.1 Å². The van der Waals surface area contributed by atoms with Gasteiger partial charge in [0.05, 0.1) is 12.2 Å². The highest BCUT2D eigenvalue weighted by atomic mass is 19.4. The van der Waals surface area contributed by atoms with Crippen LogP contribution in [0.5, 0.6) is 0 Å². The van der Waals surface area contributed by atoms with E-state index in [-0.39, 0.29) is 12.5 Å². The number of hydrogen-bond donors (Lipinski definition) is 1. The summed E-state index contributed by atoms with van der Waals surface area (Å²) in [6.07, 6.45) is -5.13. The Bertz CT molecular complexity index is 742. The average molecular weight is 431 g/mol. The smallest absolute Gasteiger partial charge is 0.416 e. The highest BCUT2D eigenvalue weighted by Gasteiger charge is 2.32. The minimum absolute atomic E-state index is 0.0219. The largest absolute Gasteiger partial charge is 0.444 e. The number of anilines is 1. The van der Waals surface area contributed by atoms with Gasteiger partial charge < -0.3 is 24.6 Å². The Balaban J connectivity index is 1.98. The summed E-state index contributed by atoms with van der Waals surface area (Å²) in [6.45, 7) is 6.49. The number of carbonyl (C=O) groups is 2. The van der Waals surface area contributed by atoms with E-state index in [2.05, 4.69) is 5.32 Å². The van der Waals surface area contributed by atoms with Gasteiger partial charge >= 0.3 is 12.3 Å². The number of amides is 2. The van der Waals surface area contributed by atoms with E-state index in [9.17, 15) is 22.8 Å². The fourth-order valence-electron chi connectivity index (χ4n) is 3.08. The Morgan fingerprint density at radius 1 is 1.13 bits per heavy atom. The maximum Gasteiger partial charge on any atom is 0.416 e. The third-order valence-electron chi connectivity index (χ3n) is 4.45. The first kappa shape index (κ1) is 23.8. The second-order valence-corrected chi connectivity index (χ2v) is 8.01. The molecule has 1 N–H and O–H groups in total. The minimum Gasteiger partial charge on any atom is -0.444 e. The number of methoxy groups -OCH3 is 1. The van der Waals surface area contributed by atoms with Gasteiger partial charge in [-0.15, -0.1) is 0 Å². The standard InChI is InChI=1S/C20H28F3N3O4/c1-19(2,3)30-18(28)24-16(13-29-4)17(27)26-10-8-25(9-11-26)15-7-5-6-14(12-15)20(21,22)23/h5-7,12,16H,8-11,13H2,1-4H3,(H,24,28). The molecule has 10 heteroatoms. The summed E-state index contributed by atoms with van der Waals surface area (Å²) in [4.78, 5) is 28.2. The van der Waals surface area contributed by atoms with E-state index in [0.29, 0.717) is 31.9 Å². The van der Waals surface area contributed by atoms with E-state index in [0.717, 1.165) is 12.1 Å². The first-order valence-electron chi connectivity index (χ1n) is 9.60. The first-order valence-corrected chi connectivity index (χ1v) is 9.60. The van der Waals surface area contributed by atoms with Gasteiger partial charge in [0.25, 0.3) is 0 Å². The van der Waals surface area contributed by atoms with Crippen molar-refractivity contribution < 1.29 is 32.2 Å². The van der Waals surface area contributed by atoms with Crippen molar-refractivity contribution in [1.29, 1.82) is 0 Å². The van der Waals surface area contributed by atoms with Gasteiger partial charge in [0.1, 0.15) is 11.6 Å². The molecule has 0 radical (unpaired) electrons. The number of benzene rings is 1. The monoisotopic (exact) mass is 431 g/mol. The van der Waals surface area contributed by atoms with Crippen LogP contribution in [-0.2, 0) is 20.4 Å². The zero-order valence-electron chi connectivity index (χ0n) is 17.6. The molecule has 0 aliphatic carbocycles. The summed E-state index contributed by atoms with van der Waals surface area (Å²) in [5.74, 6) is -0.327. The molecule has 1 heterocycles. The molecule has 1 fully saturated rings. The van der Waals surface area contributed by atoms with E-state index in [1.54, 1.807) is 36.6 Å². The van der Waals surface area contributed by atoms with Crippen molar-refractivity contribution in [2.75, 3.05) is 44.8 Å². The third-order valence-corrected chi connectivity index (χ3v) is 4.45. The van der Waals surface area contributed by atoms with Gasteiger partial charge in [-0.2, -0.15) is 13.2 Å². The van der Waals surface area contributed by atoms with Crippen LogP contribution in [0, 0.1) is 0 Å². The maximum absolute atomic E-state index is 12.9. The van der Waals surface area contributed by atoms with Crippen LogP contribution in [0.15, 0.2) is 24.3 Å². The van der Waals surface area contributed by atoms with Gasteiger partial charge in [-0.25, -0.2) is 4.79 Å². The van der Waals surface area contributed by atoms with Crippen LogP contribution in [0.1, 0.15) is 26.3 Å². The van der Waals surface area contributed by atoms with Crippen molar-refractivity contribution in [2.24, 2.45) is 0 Å². The summed E-state index contributed by atoms with van der Waals surface area (Å²) < 4.78 is 49.1. The zero-order chi connectivity index (χ0) is 22.5. The summed E-state index contributed by atoms with van der Waals surface area (Å²) in [7, 11) is 1.42. The number of piperazine rings is 1. The number of rotatable bonds is 5. The molecule has 2 rings (SSSR count). The molecule has 0 bridgehead atoms. The number of nitrogens with one attached hydrogen (secondary N) is 1. The third kappa shape index (κ3) is 6.79. The summed E-state index contributed by atoms with van der Waals surface area (Å²) in [5.41, 5.74) is -0.959. The van der Waals surface area contributed by atoms with Gasteiger partial charge in [-0.1, -0.05) is 6.07 Å². The Morgan fingerprint density at radius 3 is 2.30 bits per heavy atom. The van der Waals surface area contributed by atoms with Gasteiger partial charge in [-0.05, 0) is 39.0 Å². The molecule has 0 aromatic heterocycles. The van der Waals surface area contributed by atoms with Crippen LogP contribution in [-0.4, -0.2) is 68.4 Å². The number of carbonyl (C=O) groups excluding carboxylic acids is 2. The highest BCUT2D eigenvalue weighted by Crippen LogP contribution is 2.31. The zero-order valence-corrected chi connectivity index (χ0v) is 17.6. The lowest BCUT2D eigenvalue weighted by Gasteiger charge is -2.37. The normalized spacial score (nSPS) is 16.2. The van der Waals surface area contributed by atoms with Crippen molar-refractivity contribution in [1.82, 2.24) is 10.2 Å². The van der Waals surface area contributed by atoms with E-state index < -0.39 is 29.5 Å². The van der Waals surface area contributed by atoms with E-state index in [4.69, 9.17) is 9.47 Å². The second kappa shape index (κ2) is 9.55. The highest BCUT2D eigenvalue weighted by molar-refractivity contribution is 5.86.